The summed E-state index contributed by atoms with van der Waals surface area (Å²) in [7, 11) is 1.66. The van der Waals surface area contributed by atoms with Gasteiger partial charge in [-0.05, 0) is 37.0 Å². The molecule has 19 heavy (non-hydrogen) atoms. The number of aromatic nitrogens is 3. The van der Waals surface area contributed by atoms with Gasteiger partial charge in [0.05, 0.1) is 25.6 Å². The lowest BCUT2D eigenvalue weighted by molar-refractivity contribution is 0.294. The Morgan fingerprint density at radius 3 is 2.79 bits per heavy atom. The zero-order valence-corrected chi connectivity index (χ0v) is 11.3. The highest BCUT2D eigenvalue weighted by Crippen LogP contribution is 2.28. The Morgan fingerprint density at radius 2 is 2.11 bits per heavy atom. The van der Waals surface area contributed by atoms with Crippen LogP contribution in [0.25, 0.3) is 0 Å². The third-order valence-corrected chi connectivity index (χ3v) is 2.82. The van der Waals surface area contributed by atoms with Crippen molar-refractivity contribution in [3.63, 3.8) is 0 Å². The number of rotatable bonds is 7. The van der Waals surface area contributed by atoms with Gasteiger partial charge in [-0.2, -0.15) is 15.4 Å². The van der Waals surface area contributed by atoms with Crippen LogP contribution in [0.4, 0.5) is 0 Å². The number of nitrogens with zero attached hydrogens (tertiary/aromatic N) is 2. The standard InChI is InChI=1S/C14H19N3O2/c1-3-8-19-13-7-5-11(9-14(13)18-2)4-6-12-10-15-17-16-12/h5,7,9-10H,3-4,6,8H2,1-2H3,(H,15,16,17). The summed E-state index contributed by atoms with van der Waals surface area (Å²) >= 11 is 0. The van der Waals surface area contributed by atoms with E-state index in [9.17, 15) is 0 Å². The van der Waals surface area contributed by atoms with E-state index in [1.807, 2.05) is 12.1 Å². The number of aryl methyl sites for hydroxylation is 2. The van der Waals surface area contributed by atoms with Crippen LogP contribution in [0.5, 0.6) is 11.5 Å². The number of hydrogen-bond acceptors (Lipinski definition) is 4. The second kappa shape index (κ2) is 6.78. The third kappa shape index (κ3) is 3.71. The Bertz CT molecular complexity index is 497. The van der Waals surface area contributed by atoms with Gasteiger partial charge in [0.15, 0.2) is 11.5 Å². The number of nitrogens with one attached hydrogen (secondary N) is 1. The van der Waals surface area contributed by atoms with Crippen molar-refractivity contribution in [1.82, 2.24) is 15.4 Å². The van der Waals surface area contributed by atoms with E-state index < -0.39 is 0 Å². The summed E-state index contributed by atoms with van der Waals surface area (Å²) in [5.41, 5.74) is 2.16. The van der Waals surface area contributed by atoms with Crippen LogP contribution >= 0.6 is 0 Å². The van der Waals surface area contributed by atoms with E-state index in [1.54, 1.807) is 13.3 Å². The number of benzene rings is 1. The van der Waals surface area contributed by atoms with Gasteiger partial charge in [-0.25, -0.2) is 0 Å². The molecule has 0 unspecified atom stereocenters. The molecule has 0 fully saturated rings. The van der Waals surface area contributed by atoms with Gasteiger partial charge in [-0.3, -0.25) is 0 Å². The molecule has 1 N–H and O–H groups in total. The molecule has 0 saturated carbocycles. The normalized spacial score (nSPS) is 10.4. The molecule has 2 aromatic rings. The van der Waals surface area contributed by atoms with Crippen LogP contribution in [-0.2, 0) is 12.8 Å². The fraction of sp³-hybridized carbons (Fsp3) is 0.429. The van der Waals surface area contributed by atoms with Crippen LogP contribution in [0, 0.1) is 0 Å². The van der Waals surface area contributed by atoms with Gasteiger partial charge in [0, 0.05) is 0 Å². The quantitative estimate of drug-likeness (QED) is 0.831. The molecule has 0 spiro atoms. The molecule has 5 nitrogen and oxygen atoms in total. The monoisotopic (exact) mass is 261 g/mol. The van der Waals surface area contributed by atoms with Gasteiger partial charge < -0.3 is 9.47 Å². The molecule has 5 heteroatoms. The van der Waals surface area contributed by atoms with E-state index in [0.29, 0.717) is 6.61 Å². The third-order valence-electron chi connectivity index (χ3n) is 2.82. The van der Waals surface area contributed by atoms with E-state index in [-0.39, 0.29) is 0 Å². The molecule has 2 rings (SSSR count). The van der Waals surface area contributed by atoms with Crippen molar-refractivity contribution in [3.05, 3.63) is 35.7 Å². The minimum atomic E-state index is 0.703. The molecule has 0 saturated heterocycles. The summed E-state index contributed by atoms with van der Waals surface area (Å²) in [6.07, 6.45) is 4.48. The van der Waals surface area contributed by atoms with Gasteiger partial charge in [0.25, 0.3) is 0 Å². The molecule has 0 atom stereocenters. The fourth-order valence-corrected chi connectivity index (χ4v) is 1.82. The van der Waals surface area contributed by atoms with Gasteiger partial charge in [-0.1, -0.05) is 13.0 Å². The van der Waals surface area contributed by atoms with Gasteiger partial charge in [-0.15, -0.1) is 0 Å². The van der Waals surface area contributed by atoms with Crippen molar-refractivity contribution >= 4 is 0 Å². The zero-order chi connectivity index (χ0) is 13.5. The first kappa shape index (κ1) is 13.4. The maximum atomic E-state index is 5.63. The SMILES string of the molecule is CCCOc1ccc(CCc2cn[nH]n2)cc1OC. The fourth-order valence-electron chi connectivity index (χ4n) is 1.82. The van der Waals surface area contributed by atoms with Crippen molar-refractivity contribution in [3.8, 4) is 11.5 Å². The van der Waals surface area contributed by atoms with Crippen LogP contribution in [0.3, 0.4) is 0 Å². The molecule has 1 aromatic carbocycles. The highest BCUT2D eigenvalue weighted by Gasteiger charge is 2.06. The first-order valence-corrected chi connectivity index (χ1v) is 6.48. The lowest BCUT2D eigenvalue weighted by atomic mass is 10.1. The van der Waals surface area contributed by atoms with Crippen molar-refractivity contribution < 1.29 is 9.47 Å². The summed E-state index contributed by atoms with van der Waals surface area (Å²) in [5, 5.41) is 10.5. The minimum absolute atomic E-state index is 0.703. The van der Waals surface area contributed by atoms with E-state index in [0.717, 1.165) is 36.5 Å². The Labute approximate surface area is 112 Å². The van der Waals surface area contributed by atoms with Crippen LogP contribution in [0.2, 0.25) is 0 Å². The molecule has 0 amide bonds. The van der Waals surface area contributed by atoms with Crippen LogP contribution in [0.15, 0.2) is 24.4 Å². The van der Waals surface area contributed by atoms with E-state index in [2.05, 4.69) is 28.4 Å². The van der Waals surface area contributed by atoms with E-state index in [4.69, 9.17) is 9.47 Å². The second-order valence-corrected chi connectivity index (χ2v) is 4.30. The highest BCUT2D eigenvalue weighted by molar-refractivity contribution is 5.43. The highest BCUT2D eigenvalue weighted by atomic mass is 16.5. The van der Waals surface area contributed by atoms with Gasteiger partial charge in [0.1, 0.15) is 0 Å². The van der Waals surface area contributed by atoms with Crippen molar-refractivity contribution in [2.45, 2.75) is 26.2 Å². The minimum Gasteiger partial charge on any atom is -0.493 e. The number of methoxy groups -OCH3 is 1. The zero-order valence-electron chi connectivity index (χ0n) is 11.3. The number of ether oxygens (including phenoxy) is 2. The molecule has 0 radical (unpaired) electrons. The topological polar surface area (TPSA) is 60.0 Å². The number of hydrogen-bond donors (Lipinski definition) is 1. The van der Waals surface area contributed by atoms with E-state index >= 15 is 0 Å². The largest absolute Gasteiger partial charge is 0.493 e. The van der Waals surface area contributed by atoms with E-state index in [1.165, 1.54) is 5.56 Å². The number of aromatic amines is 1. The molecule has 0 bridgehead atoms. The first-order valence-electron chi connectivity index (χ1n) is 6.48. The van der Waals surface area contributed by atoms with Crippen molar-refractivity contribution in [1.29, 1.82) is 0 Å². The Morgan fingerprint density at radius 1 is 1.21 bits per heavy atom. The summed E-state index contributed by atoms with van der Waals surface area (Å²) < 4.78 is 11.0. The van der Waals surface area contributed by atoms with Crippen molar-refractivity contribution in [2.24, 2.45) is 0 Å². The van der Waals surface area contributed by atoms with Crippen LogP contribution < -0.4 is 9.47 Å². The summed E-state index contributed by atoms with van der Waals surface area (Å²) in [6.45, 7) is 2.79. The average molecular weight is 261 g/mol. The maximum absolute atomic E-state index is 5.63. The Hall–Kier alpha value is -2.04. The average Bonchev–Trinajstić information content (AvgIpc) is 2.96. The molecular formula is C14H19N3O2. The molecular weight excluding hydrogens is 242 g/mol. The predicted octanol–water partition coefficient (Wildman–Crippen LogP) is 2.39. The molecule has 0 aliphatic heterocycles. The van der Waals surface area contributed by atoms with Gasteiger partial charge in [0.2, 0.25) is 0 Å². The Kier molecular flexibility index (Phi) is 4.78. The van der Waals surface area contributed by atoms with Crippen LogP contribution in [0.1, 0.15) is 24.6 Å². The predicted molar refractivity (Wildman–Crippen MR) is 72.6 cm³/mol. The first-order chi connectivity index (χ1) is 9.33. The summed E-state index contributed by atoms with van der Waals surface area (Å²) in [4.78, 5) is 0. The van der Waals surface area contributed by atoms with Crippen LogP contribution in [-0.4, -0.2) is 29.1 Å². The smallest absolute Gasteiger partial charge is 0.161 e. The molecule has 1 heterocycles. The maximum Gasteiger partial charge on any atom is 0.161 e. The summed E-state index contributed by atoms with van der Waals surface area (Å²) in [5.74, 6) is 1.58. The second-order valence-electron chi connectivity index (χ2n) is 4.30. The van der Waals surface area contributed by atoms with Gasteiger partial charge >= 0.3 is 0 Å². The Balaban J connectivity index is 2.01. The molecule has 1 aromatic heterocycles. The van der Waals surface area contributed by atoms with Crippen molar-refractivity contribution in [2.75, 3.05) is 13.7 Å². The lowest BCUT2D eigenvalue weighted by Gasteiger charge is -2.11. The molecule has 0 aliphatic rings. The number of H-pyrrole nitrogens is 1. The molecule has 0 aliphatic carbocycles. The lowest BCUT2D eigenvalue weighted by Crippen LogP contribution is -1.99. The molecule has 102 valence electrons. The summed E-state index contributed by atoms with van der Waals surface area (Å²) in [6, 6.07) is 6.05.